The molecule has 4 N–H and O–H groups in total. The molecular weight excluding hydrogens is 362 g/mol. The summed E-state index contributed by atoms with van der Waals surface area (Å²) in [5.41, 5.74) is 0.474. The van der Waals surface area contributed by atoms with Crippen molar-refractivity contribution in [3.05, 3.63) is 35.9 Å². The number of Topliss-reactive ketones (excluding diaryl/α,β-unsaturated/α-hetero) is 1. The molecule has 1 aromatic carbocycles. The topological polar surface area (TPSA) is 124 Å². The average Bonchev–Trinajstić information content (AvgIpc) is 2.97. The summed E-state index contributed by atoms with van der Waals surface area (Å²) in [5.74, 6) is -2.35. The highest BCUT2D eigenvalue weighted by Crippen LogP contribution is 2.34. The van der Waals surface area contributed by atoms with Crippen LogP contribution in [0.3, 0.4) is 0 Å². The van der Waals surface area contributed by atoms with Gasteiger partial charge in [-0.25, -0.2) is 4.79 Å². The molecule has 0 radical (unpaired) electrons. The van der Waals surface area contributed by atoms with Crippen LogP contribution >= 0.6 is 0 Å². The van der Waals surface area contributed by atoms with Crippen molar-refractivity contribution in [1.29, 1.82) is 0 Å². The summed E-state index contributed by atoms with van der Waals surface area (Å²) >= 11 is 0. The molecule has 1 fully saturated rings. The molecule has 1 aromatic rings. The van der Waals surface area contributed by atoms with Crippen LogP contribution in [0.5, 0.6) is 11.5 Å². The summed E-state index contributed by atoms with van der Waals surface area (Å²) in [7, 11) is 0. The number of nitrogens with one attached hydrogen (secondary N) is 1. The lowest BCUT2D eigenvalue weighted by atomic mass is 9.89. The monoisotopic (exact) mass is 389 g/mol. The molecule has 28 heavy (non-hydrogen) atoms. The summed E-state index contributed by atoms with van der Waals surface area (Å²) in [5, 5.41) is 30.8. The van der Waals surface area contributed by atoms with Gasteiger partial charge in [-0.15, -0.1) is 0 Å². The summed E-state index contributed by atoms with van der Waals surface area (Å²) in [6.07, 6.45) is 6.64. The maximum absolute atomic E-state index is 12.4. The molecule has 7 heteroatoms. The first kappa shape index (κ1) is 21.5. The summed E-state index contributed by atoms with van der Waals surface area (Å²) < 4.78 is 0. The van der Waals surface area contributed by atoms with Crippen LogP contribution in [0.4, 0.5) is 0 Å². The minimum absolute atomic E-state index is 0.0266. The zero-order valence-corrected chi connectivity index (χ0v) is 15.9. The minimum atomic E-state index is -1.19. The number of carboxylic acids is 1. The van der Waals surface area contributed by atoms with E-state index in [4.69, 9.17) is 0 Å². The summed E-state index contributed by atoms with van der Waals surface area (Å²) in [4.78, 5) is 36.0. The molecule has 1 aliphatic carbocycles. The quantitative estimate of drug-likeness (QED) is 0.380. The predicted octanol–water partition coefficient (Wildman–Crippen LogP) is 2.55. The summed E-state index contributed by atoms with van der Waals surface area (Å²) in [6, 6.07) is 2.86. The van der Waals surface area contributed by atoms with Gasteiger partial charge in [0.1, 0.15) is 11.8 Å². The van der Waals surface area contributed by atoms with Crippen LogP contribution in [0.2, 0.25) is 0 Å². The third kappa shape index (κ3) is 5.84. The zero-order valence-electron chi connectivity index (χ0n) is 15.9. The second-order valence-electron chi connectivity index (χ2n) is 7.18. The molecule has 0 heterocycles. The van der Waals surface area contributed by atoms with E-state index in [-0.39, 0.29) is 42.0 Å². The van der Waals surface area contributed by atoms with E-state index in [1.54, 1.807) is 0 Å². The Morgan fingerprint density at radius 2 is 2.00 bits per heavy atom. The van der Waals surface area contributed by atoms with E-state index >= 15 is 0 Å². The van der Waals surface area contributed by atoms with Gasteiger partial charge in [0.2, 0.25) is 5.91 Å². The number of carbonyl (C=O) groups excluding carboxylic acids is 2. The molecule has 3 atom stereocenters. The van der Waals surface area contributed by atoms with Crippen molar-refractivity contribution in [2.75, 3.05) is 0 Å². The van der Waals surface area contributed by atoms with Gasteiger partial charge in [-0.05, 0) is 42.9 Å². The van der Waals surface area contributed by atoms with E-state index in [9.17, 15) is 29.7 Å². The highest BCUT2D eigenvalue weighted by molar-refractivity contribution is 5.87. The molecule has 0 aliphatic heterocycles. The van der Waals surface area contributed by atoms with Gasteiger partial charge < -0.3 is 20.6 Å². The minimum Gasteiger partial charge on any atom is -0.504 e. The number of phenolic OH excluding ortho intramolecular Hbond substituents is 2. The molecule has 0 unspecified atom stereocenters. The van der Waals surface area contributed by atoms with E-state index in [0.29, 0.717) is 24.8 Å². The fraction of sp³-hybridized carbons (Fsp3) is 0.476. The van der Waals surface area contributed by atoms with E-state index in [1.165, 1.54) is 18.2 Å². The van der Waals surface area contributed by atoms with Gasteiger partial charge in [0, 0.05) is 25.2 Å². The molecule has 1 amide bonds. The normalized spacial score (nSPS) is 20.4. The number of rotatable bonds is 9. The Morgan fingerprint density at radius 1 is 1.25 bits per heavy atom. The second-order valence-corrected chi connectivity index (χ2v) is 7.18. The van der Waals surface area contributed by atoms with Gasteiger partial charge in [0.15, 0.2) is 11.5 Å². The average molecular weight is 389 g/mol. The molecule has 152 valence electrons. The number of carbonyl (C=O) groups is 3. The lowest BCUT2D eigenvalue weighted by Crippen LogP contribution is -2.43. The number of aromatic hydroxyl groups is 2. The van der Waals surface area contributed by atoms with Gasteiger partial charge in [-0.2, -0.15) is 0 Å². The fourth-order valence-electron chi connectivity index (χ4n) is 3.58. The Morgan fingerprint density at radius 3 is 2.64 bits per heavy atom. The van der Waals surface area contributed by atoms with E-state index in [1.807, 2.05) is 19.1 Å². The molecule has 0 spiro atoms. The second kappa shape index (κ2) is 9.92. The van der Waals surface area contributed by atoms with E-state index in [0.717, 1.165) is 6.42 Å². The number of phenols is 2. The van der Waals surface area contributed by atoms with Crippen LogP contribution in [-0.2, 0) is 20.8 Å². The number of amides is 1. The number of ketones is 1. The molecule has 0 aromatic heterocycles. The van der Waals surface area contributed by atoms with Crippen molar-refractivity contribution in [2.24, 2.45) is 11.8 Å². The fourth-order valence-corrected chi connectivity index (χ4v) is 3.58. The number of allylic oxidation sites excluding steroid dienone is 2. The van der Waals surface area contributed by atoms with Crippen LogP contribution in [-0.4, -0.2) is 39.0 Å². The first-order valence-corrected chi connectivity index (χ1v) is 9.52. The number of benzene rings is 1. The van der Waals surface area contributed by atoms with Gasteiger partial charge in [-0.1, -0.05) is 25.1 Å². The Bertz CT molecular complexity index is 757. The van der Waals surface area contributed by atoms with E-state index < -0.39 is 17.9 Å². The van der Waals surface area contributed by atoms with Crippen LogP contribution in [0.25, 0.3) is 0 Å². The highest BCUT2D eigenvalue weighted by Gasteiger charge is 2.35. The van der Waals surface area contributed by atoms with Crippen molar-refractivity contribution in [3.63, 3.8) is 0 Å². The maximum Gasteiger partial charge on any atom is 0.326 e. The largest absolute Gasteiger partial charge is 0.504 e. The van der Waals surface area contributed by atoms with E-state index in [2.05, 4.69) is 5.32 Å². The lowest BCUT2D eigenvalue weighted by molar-refractivity contribution is -0.142. The third-order valence-electron chi connectivity index (χ3n) is 5.10. The van der Waals surface area contributed by atoms with Crippen LogP contribution in [0.15, 0.2) is 30.4 Å². The Balaban J connectivity index is 1.97. The first-order chi connectivity index (χ1) is 13.3. The molecule has 1 saturated carbocycles. The van der Waals surface area contributed by atoms with Crippen molar-refractivity contribution < 1.29 is 29.7 Å². The lowest BCUT2D eigenvalue weighted by Gasteiger charge is -2.19. The van der Waals surface area contributed by atoms with Gasteiger partial charge >= 0.3 is 5.97 Å². The van der Waals surface area contributed by atoms with Crippen molar-refractivity contribution in [3.8, 4) is 11.5 Å². The molecule has 2 rings (SSSR count). The predicted molar refractivity (Wildman–Crippen MR) is 103 cm³/mol. The third-order valence-corrected chi connectivity index (χ3v) is 5.10. The van der Waals surface area contributed by atoms with Crippen LogP contribution in [0, 0.1) is 11.8 Å². The van der Waals surface area contributed by atoms with Gasteiger partial charge in [0.05, 0.1) is 0 Å². The smallest absolute Gasteiger partial charge is 0.326 e. The molecule has 7 nitrogen and oxygen atoms in total. The summed E-state index contributed by atoms with van der Waals surface area (Å²) in [6.45, 7) is 2.01. The Hall–Kier alpha value is -2.83. The number of aliphatic carboxylic acids is 1. The number of hydrogen-bond donors (Lipinski definition) is 4. The van der Waals surface area contributed by atoms with Crippen molar-refractivity contribution >= 4 is 17.7 Å². The molecule has 1 aliphatic rings. The maximum atomic E-state index is 12.4. The van der Waals surface area contributed by atoms with Gasteiger partial charge in [0.25, 0.3) is 0 Å². The van der Waals surface area contributed by atoms with Gasteiger partial charge in [-0.3, -0.25) is 9.59 Å². The van der Waals surface area contributed by atoms with Crippen molar-refractivity contribution in [2.45, 2.75) is 51.5 Å². The standard InChI is InChI=1S/C21H27NO6/c1-2-3-4-5-15-14(7-9-17(15)23)12-20(26)22-16(21(27)28)10-13-6-8-18(24)19(25)11-13/h3-4,6,8,11,14-16,24-25H,2,5,7,9-10,12H2,1H3,(H,22,26)(H,27,28)/t14-,15-,16+/m1/s1. The Labute approximate surface area is 164 Å². The first-order valence-electron chi connectivity index (χ1n) is 9.52. The Kier molecular flexibility index (Phi) is 7.61. The zero-order chi connectivity index (χ0) is 20.7. The number of hydrogen-bond acceptors (Lipinski definition) is 5. The van der Waals surface area contributed by atoms with Crippen molar-refractivity contribution in [1.82, 2.24) is 5.32 Å². The van der Waals surface area contributed by atoms with Crippen LogP contribution in [0.1, 0.15) is 44.6 Å². The molecule has 0 bridgehead atoms. The SMILES string of the molecule is CCC=CC[C@H]1C(=O)CC[C@@H]1CC(=O)N[C@@H](Cc1ccc(O)c(O)c1)C(=O)O. The molecule has 0 saturated heterocycles. The van der Waals surface area contributed by atoms with Crippen LogP contribution < -0.4 is 5.32 Å². The molecular formula is C21H27NO6. The number of carboxylic acid groups (broad SMARTS) is 1. The highest BCUT2D eigenvalue weighted by atomic mass is 16.4.